The maximum Gasteiger partial charge on any atom is 0.255 e. The maximum absolute atomic E-state index is 13.1. The van der Waals surface area contributed by atoms with Crippen molar-refractivity contribution in [2.24, 2.45) is 0 Å². The molecule has 0 atom stereocenters. The van der Waals surface area contributed by atoms with Crippen molar-refractivity contribution in [1.82, 2.24) is 0 Å². The molecule has 0 radical (unpaired) electrons. The fourth-order valence-electron chi connectivity index (χ4n) is 1.59. The highest BCUT2D eigenvalue weighted by Crippen LogP contribution is 2.29. The fraction of sp³-hybridized carbons (Fsp3) is 0.0714. The third-order valence-corrected chi connectivity index (χ3v) is 3.77. The normalized spacial score (nSPS) is 10.4. The van der Waals surface area contributed by atoms with Crippen LogP contribution in [0.5, 0.6) is 0 Å². The molecule has 0 heterocycles. The van der Waals surface area contributed by atoms with Crippen molar-refractivity contribution in [2.75, 3.05) is 5.32 Å². The quantitative estimate of drug-likeness (QED) is 0.747. The standard InChI is InChI=1S/C14H10Cl2FNOS/c1-7-4-10(16)12(6-9(7)15)18-14(19)8-2-3-11(17)13(20)5-8/h2-6,20H,1H3,(H,18,19). The largest absolute Gasteiger partial charge is 0.321 e. The van der Waals surface area contributed by atoms with Crippen LogP contribution in [0, 0.1) is 12.7 Å². The molecule has 2 rings (SSSR count). The second kappa shape index (κ2) is 6.04. The molecule has 2 aromatic carbocycles. The molecule has 0 aliphatic rings. The number of carbonyl (C=O) groups excluding carboxylic acids is 1. The summed E-state index contributed by atoms with van der Waals surface area (Å²) in [4.78, 5) is 12.2. The Morgan fingerprint density at radius 2 is 1.90 bits per heavy atom. The Hall–Kier alpha value is -1.23. The van der Waals surface area contributed by atoms with Crippen molar-refractivity contribution in [1.29, 1.82) is 0 Å². The minimum atomic E-state index is -0.485. The summed E-state index contributed by atoms with van der Waals surface area (Å²) in [7, 11) is 0. The molecule has 0 unspecified atom stereocenters. The zero-order valence-corrected chi connectivity index (χ0v) is 12.8. The van der Waals surface area contributed by atoms with Gasteiger partial charge in [-0.05, 0) is 42.8 Å². The molecule has 1 amide bonds. The molecule has 0 aromatic heterocycles. The molecule has 0 saturated heterocycles. The number of thiol groups is 1. The van der Waals surface area contributed by atoms with E-state index in [9.17, 15) is 9.18 Å². The van der Waals surface area contributed by atoms with E-state index in [0.29, 0.717) is 15.7 Å². The molecule has 104 valence electrons. The SMILES string of the molecule is Cc1cc(Cl)c(NC(=O)c2ccc(F)c(S)c2)cc1Cl. The van der Waals surface area contributed by atoms with Crippen LogP contribution in [0.25, 0.3) is 0 Å². The van der Waals surface area contributed by atoms with E-state index < -0.39 is 11.7 Å². The first kappa shape index (κ1) is 15.2. The minimum absolute atomic E-state index is 0.102. The zero-order chi connectivity index (χ0) is 14.9. The number of aryl methyl sites for hydroxylation is 1. The van der Waals surface area contributed by atoms with Crippen LogP contribution in [0.3, 0.4) is 0 Å². The molecule has 1 N–H and O–H groups in total. The van der Waals surface area contributed by atoms with E-state index in [4.69, 9.17) is 23.2 Å². The average molecular weight is 330 g/mol. The van der Waals surface area contributed by atoms with Crippen LogP contribution in [0.15, 0.2) is 35.2 Å². The molecular weight excluding hydrogens is 320 g/mol. The number of hydrogen-bond donors (Lipinski definition) is 2. The third-order valence-electron chi connectivity index (χ3n) is 2.70. The van der Waals surface area contributed by atoms with E-state index in [1.54, 1.807) is 12.1 Å². The second-order valence-corrected chi connectivity index (χ2v) is 5.50. The summed E-state index contributed by atoms with van der Waals surface area (Å²) in [6, 6.07) is 7.13. The number of amides is 1. The molecular formula is C14H10Cl2FNOS. The van der Waals surface area contributed by atoms with Gasteiger partial charge in [-0.25, -0.2) is 4.39 Å². The molecule has 20 heavy (non-hydrogen) atoms. The van der Waals surface area contributed by atoms with Gasteiger partial charge in [-0.15, -0.1) is 12.6 Å². The Labute approximate surface area is 131 Å². The Kier molecular flexibility index (Phi) is 4.58. The molecule has 0 bridgehead atoms. The van der Waals surface area contributed by atoms with Crippen LogP contribution in [-0.2, 0) is 0 Å². The molecule has 2 nitrogen and oxygen atoms in total. The Morgan fingerprint density at radius 1 is 1.20 bits per heavy atom. The molecule has 6 heteroatoms. The molecule has 0 spiro atoms. The zero-order valence-electron chi connectivity index (χ0n) is 10.4. The first-order chi connectivity index (χ1) is 9.38. The summed E-state index contributed by atoms with van der Waals surface area (Å²) in [6.07, 6.45) is 0. The lowest BCUT2D eigenvalue weighted by atomic mass is 10.2. The van der Waals surface area contributed by atoms with Crippen molar-refractivity contribution in [3.63, 3.8) is 0 Å². The highest BCUT2D eigenvalue weighted by Gasteiger charge is 2.11. The van der Waals surface area contributed by atoms with Crippen molar-refractivity contribution >= 4 is 47.4 Å². The Balaban J connectivity index is 2.27. The first-order valence-electron chi connectivity index (χ1n) is 5.64. The Morgan fingerprint density at radius 3 is 2.55 bits per heavy atom. The van der Waals surface area contributed by atoms with Gasteiger partial charge in [-0.3, -0.25) is 4.79 Å². The lowest BCUT2D eigenvalue weighted by Crippen LogP contribution is -2.12. The Bertz CT molecular complexity index is 691. The number of halogens is 3. The molecule has 0 aliphatic heterocycles. The summed E-state index contributed by atoms with van der Waals surface area (Å²) in [5.41, 5.74) is 1.50. The van der Waals surface area contributed by atoms with Gasteiger partial charge in [-0.1, -0.05) is 23.2 Å². The summed E-state index contributed by atoms with van der Waals surface area (Å²) in [6.45, 7) is 1.81. The number of nitrogens with one attached hydrogen (secondary N) is 1. The predicted octanol–water partition coefficient (Wildman–Crippen LogP) is 4.98. The fourth-order valence-corrected chi connectivity index (χ4v) is 2.23. The van der Waals surface area contributed by atoms with Crippen LogP contribution in [0.2, 0.25) is 10.0 Å². The third kappa shape index (κ3) is 3.26. The number of benzene rings is 2. The van der Waals surface area contributed by atoms with Gasteiger partial charge in [0, 0.05) is 15.5 Å². The summed E-state index contributed by atoms with van der Waals surface area (Å²) in [5, 5.41) is 3.51. The van der Waals surface area contributed by atoms with Crippen LogP contribution in [0.4, 0.5) is 10.1 Å². The van der Waals surface area contributed by atoms with E-state index in [-0.39, 0.29) is 10.5 Å². The highest BCUT2D eigenvalue weighted by molar-refractivity contribution is 7.80. The van der Waals surface area contributed by atoms with E-state index in [1.165, 1.54) is 18.2 Å². The van der Waals surface area contributed by atoms with Gasteiger partial charge in [-0.2, -0.15) is 0 Å². The van der Waals surface area contributed by atoms with E-state index in [2.05, 4.69) is 17.9 Å². The molecule has 2 aromatic rings. The van der Waals surface area contributed by atoms with Gasteiger partial charge in [0.25, 0.3) is 5.91 Å². The van der Waals surface area contributed by atoms with Crippen molar-refractivity contribution < 1.29 is 9.18 Å². The number of hydrogen-bond acceptors (Lipinski definition) is 2. The van der Waals surface area contributed by atoms with Crippen molar-refractivity contribution in [3.8, 4) is 0 Å². The summed E-state index contributed by atoms with van der Waals surface area (Å²) < 4.78 is 13.1. The second-order valence-electron chi connectivity index (χ2n) is 4.20. The number of rotatable bonds is 2. The minimum Gasteiger partial charge on any atom is -0.321 e. The molecule has 0 aliphatic carbocycles. The first-order valence-corrected chi connectivity index (χ1v) is 6.84. The molecule has 0 fully saturated rings. The van der Waals surface area contributed by atoms with Gasteiger partial charge >= 0.3 is 0 Å². The van der Waals surface area contributed by atoms with E-state index in [1.807, 2.05) is 6.92 Å². The van der Waals surface area contributed by atoms with E-state index >= 15 is 0 Å². The predicted molar refractivity (Wildman–Crippen MR) is 82.8 cm³/mol. The maximum atomic E-state index is 13.1. The van der Waals surface area contributed by atoms with Gasteiger partial charge < -0.3 is 5.32 Å². The topological polar surface area (TPSA) is 29.1 Å². The highest BCUT2D eigenvalue weighted by atomic mass is 35.5. The lowest BCUT2D eigenvalue weighted by molar-refractivity contribution is 0.102. The van der Waals surface area contributed by atoms with Crippen molar-refractivity contribution in [3.05, 3.63) is 57.3 Å². The van der Waals surface area contributed by atoms with Gasteiger partial charge in [0.1, 0.15) is 5.82 Å². The van der Waals surface area contributed by atoms with Crippen LogP contribution in [-0.4, -0.2) is 5.91 Å². The van der Waals surface area contributed by atoms with Gasteiger partial charge in [0.2, 0.25) is 0 Å². The monoisotopic (exact) mass is 329 g/mol. The average Bonchev–Trinajstić information content (AvgIpc) is 2.39. The number of carbonyl (C=O) groups is 1. The van der Waals surface area contributed by atoms with Gasteiger partial charge in [0.05, 0.1) is 10.7 Å². The smallest absolute Gasteiger partial charge is 0.255 e. The van der Waals surface area contributed by atoms with Gasteiger partial charge in [0.15, 0.2) is 0 Å². The van der Waals surface area contributed by atoms with Crippen LogP contribution >= 0.6 is 35.8 Å². The number of anilines is 1. The van der Waals surface area contributed by atoms with Crippen molar-refractivity contribution in [2.45, 2.75) is 11.8 Å². The molecule has 0 saturated carbocycles. The lowest BCUT2D eigenvalue weighted by Gasteiger charge is -2.10. The van der Waals surface area contributed by atoms with E-state index in [0.717, 1.165) is 5.56 Å². The summed E-state index contributed by atoms with van der Waals surface area (Å²) >= 11 is 16.0. The summed E-state index contributed by atoms with van der Waals surface area (Å²) in [5.74, 6) is -0.900. The van der Waals surface area contributed by atoms with Crippen LogP contribution < -0.4 is 5.32 Å². The van der Waals surface area contributed by atoms with Crippen LogP contribution in [0.1, 0.15) is 15.9 Å².